The molecule has 152 valence electrons. The van der Waals surface area contributed by atoms with Crippen LogP contribution in [0.2, 0.25) is 0 Å². The number of fused-ring (bicyclic) bond motifs is 1. The summed E-state index contributed by atoms with van der Waals surface area (Å²) in [6, 6.07) is 8.62. The first-order valence-electron chi connectivity index (χ1n) is 9.10. The maximum absolute atomic E-state index is 12.6. The molecule has 1 aromatic carbocycles. The van der Waals surface area contributed by atoms with Gasteiger partial charge in [-0.3, -0.25) is 9.36 Å². The third-order valence-corrected chi connectivity index (χ3v) is 5.90. The molecular formula is C19H20N4O5S. The minimum absolute atomic E-state index is 0.0377. The molecule has 2 aromatic heterocycles. The molecule has 10 heteroatoms. The topological polar surface area (TPSA) is 130 Å². The number of carbonyl (C=O) groups is 1. The number of carbonyl (C=O) groups excluding carboxylic acids is 1. The Labute approximate surface area is 169 Å². The molecule has 1 fully saturated rings. The zero-order valence-corrected chi connectivity index (χ0v) is 16.6. The largest absolute Gasteiger partial charge is 0.456 e. The number of nitrogens with two attached hydrogens (primary N) is 1. The Morgan fingerprint density at radius 3 is 2.83 bits per heavy atom. The normalized spacial score (nSPS) is 22.7. The summed E-state index contributed by atoms with van der Waals surface area (Å²) in [4.78, 5) is 32.7. The molecule has 0 amide bonds. The fraction of sp³-hybridized carbons (Fsp3) is 0.368. The average Bonchev–Trinajstić information content (AvgIpc) is 3.22. The van der Waals surface area contributed by atoms with E-state index in [2.05, 4.69) is 9.97 Å². The van der Waals surface area contributed by atoms with Crippen molar-refractivity contribution in [2.45, 2.75) is 44.8 Å². The molecule has 0 bridgehead atoms. The lowest BCUT2D eigenvalue weighted by Gasteiger charge is -2.21. The lowest BCUT2D eigenvalue weighted by molar-refractivity contribution is -0.0762. The van der Waals surface area contributed by atoms with E-state index >= 15 is 0 Å². The van der Waals surface area contributed by atoms with E-state index in [1.165, 1.54) is 4.57 Å². The van der Waals surface area contributed by atoms with Gasteiger partial charge in [-0.05, 0) is 26.0 Å². The second-order valence-corrected chi connectivity index (χ2v) is 7.86. The number of hydrogen-bond acceptors (Lipinski definition) is 9. The first-order chi connectivity index (χ1) is 13.8. The Kier molecular flexibility index (Phi) is 5.07. The van der Waals surface area contributed by atoms with Gasteiger partial charge >= 0.3 is 10.8 Å². The van der Waals surface area contributed by atoms with Crippen molar-refractivity contribution >= 4 is 33.6 Å². The highest BCUT2D eigenvalue weighted by Crippen LogP contribution is 2.34. The molecule has 1 aliphatic rings. The van der Waals surface area contributed by atoms with E-state index in [1.807, 2.05) is 6.07 Å². The number of esters is 1. The van der Waals surface area contributed by atoms with Crippen LogP contribution >= 0.6 is 11.3 Å². The molecule has 29 heavy (non-hydrogen) atoms. The molecule has 9 nitrogen and oxygen atoms in total. The van der Waals surface area contributed by atoms with E-state index in [0.717, 1.165) is 11.3 Å². The van der Waals surface area contributed by atoms with Gasteiger partial charge in [-0.15, -0.1) is 0 Å². The van der Waals surface area contributed by atoms with E-state index in [1.54, 1.807) is 38.1 Å². The number of nitrogen functional groups attached to an aromatic ring is 1. The van der Waals surface area contributed by atoms with Crippen molar-refractivity contribution in [2.24, 2.45) is 0 Å². The van der Waals surface area contributed by atoms with Crippen LogP contribution in [0.15, 0.2) is 35.1 Å². The maximum atomic E-state index is 12.6. The van der Waals surface area contributed by atoms with Crippen LogP contribution in [0.5, 0.6) is 0 Å². The monoisotopic (exact) mass is 416 g/mol. The van der Waals surface area contributed by atoms with Crippen LogP contribution in [0.25, 0.3) is 10.3 Å². The van der Waals surface area contributed by atoms with E-state index in [0.29, 0.717) is 21.6 Å². The summed E-state index contributed by atoms with van der Waals surface area (Å²) in [6.45, 7) is 3.43. The highest BCUT2D eigenvalue weighted by Gasteiger charge is 2.41. The number of aliphatic hydroxyl groups is 1. The van der Waals surface area contributed by atoms with Gasteiger partial charge in [0.15, 0.2) is 11.9 Å². The molecule has 0 saturated carbocycles. The van der Waals surface area contributed by atoms with Crippen molar-refractivity contribution in [3.63, 3.8) is 0 Å². The molecule has 1 aliphatic heterocycles. The number of benzene rings is 1. The van der Waals surface area contributed by atoms with Gasteiger partial charge < -0.3 is 20.3 Å². The number of aryl methyl sites for hydroxylation is 1. The fourth-order valence-corrected chi connectivity index (χ4v) is 4.29. The molecule has 1 saturated heterocycles. The third-order valence-electron chi connectivity index (χ3n) is 4.85. The van der Waals surface area contributed by atoms with Crippen LogP contribution in [0.4, 0.5) is 5.95 Å². The van der Waals surface area contributed by atoms with Crippen molar-refractivity contribution in [1.29, 1.82) is 0 Å². The Morgan fingerprint density at radius 2 is 2.10 bits per heavy atom. The molecule has 4 atom stereocenters. The van der Waals surface area contributed by atoms with E-state index in [-0.39, 0.29) is 17.2 Å². The lowest BCUT2D eigenvalue weighted by Crippen LogP contribution is -2.30. The molecular weight excluding hydrogens is 396 g/mol. The molecule has 0 spiro atoms. The SMILES string of the molecule is Cc1nc(N)nc2c1sc(=O)n2[C@@H]1O[C@H](C(C)OC(=O)c2ccccc2)C[C@H]1O. The van der Waals surface area contributed by atoms with Crippen molar-refractivity contribution in [3.8, 4) is 0 Å². The summed E-state index contributed by atoms with van der Waals surface area (Å²) in [7, 11) is 0. The number of aromatic nitrogens is 3. The highest BCUT2D eigenvalue weighted by atomic mass is 32.1. The Morgan fingerprint density at radius 1 is 1.38 bits per heavy atom. The summed E-state index contributed by atoms with van der Waals surface area (Å²) >= 11 is 0.971. The van der Waals surface area contributed by atoms with Gasteiger partial charge in [0.2, 0.25) is 5.95 Å². The van der Waals surface area contributed by atoms with Crippen molar-refractivity contribution < 1.29 is 19.4 Å². The number of nitrogens with zero attached hydrogens (tertiary/aromatic N) is 3. The summed E-state index contributed by atoms with van der Waals surface area (Å²) in [5, 5.41) is 10.6. The minimum Gasteiger partial charge on any atom is -0.456 e. The second-order valence-electron chi connectivity index (χ2n) is 6.90. The van der Waals surface area contributed by atoms with Gasteiger partial charge in [-0.1, -0.05) is 29.5 Å². The number of rotatable bonds is 4. The summed E-state index contributed by atoms with van der Waals surface area (Å²) < 4.78 is 13.3. The first kappa shape index (κ1) is 19.5. The standard InChI is InChI=1S/C19H20N4O5S/c1-9-14-15(22-18(20)21-9)23(19(26)29-14)16-12(24)8-13(28-16)10(2)27-17(25)11-6-4-3-5-7-11/h3-7,10,12-13,16,24H,8H2,1-2H3,(H2,20,21,22)/t10?,12-,13+,16-/m1/s1. The zero-order chi connectivity index (χ0) is 20.7. The summed E-state index contributed by atoms with van der Waals surface area (Å²) in [6.07, 6.45) is -2.91. The number of anilines is 1. The maximum Gasteiger partial charge on any atom is 0.338 e. The minimum atomic E-state index is -0.968. The van der Waals surface area contributed by atoms with E-state index < -0.39 is 30.5 Å². The quantitative estimate of drug-likeness (QED) is 0.614. The van der Waals surface area contributed by atoms with Crippen molar-refractivity contribution in [1.82, 2.24) is 14.5 Å². The molecule has 3 N–H and O–H groups in total. The van der Waals surface area contributed by atoms with Crippen LogP contribution in [-0.2, 0) is 9.47 Å². The van der Waals surface area contributed by atoms with Crippen molar-refractivity contribution in [2.75, 3.05) is 5.73 Å². The molecule has 0 aliphatic carbocycles. The average molecular weight is 416 g/mol. The van der Waals surface area contributed by atoms with Gasteiger partial charge in [0.1, 0.15) is 12.2 Å². The molecule has 1 unspecified atom stereocenters. The van der Waals surface area contributed by atoms with Crippen LogP contribution in [0.1, 0.15) is 35.6 Å². The Hall–Kier alpha value is -2.82. The Bertz CT molecular complexity index is 1110. The van der Waals surface area contributed by atoms with Crippen LogP contribution in [0, 0.1) is 6.92 Å². The Balaban J connectivity index is 1.56. The van der Waals surface area contributed by atoms with Gasteiger partial charge in [0, 0.05) is 6.42 Å². The van der Waals surface area contributed by atoms with Gasteiger partial charge in [-0.25, -0.2) is 9.78 Å². The van der Waals surface area contributed by atoms with Gasteiger partial charge in [0.05, 0.1) is 22.1 Å². The summed E-state index contributed by atoms with van der Waals surface area (Å²) in [5.41, 5.74) is 7.06. The molecule has 3 aromatic rings. The van der Waals surface area contributed by atoms with Crippen LogP contribution in [0.3, 0.4) is 0 Å². The smallest absolute Gasteiger partial charge is 0.338 e. The van der Waals surface area contributed by atoms with E-state index in [9.17, 15) is 14.7 Å². The number of ether oxygens (including phenoxy) is 2. The highest BCUT2D eigenvalue weighted by molar-refractivity contribution is 7.16. The fourth-order valence-electron chi connectivity index (χ4n) is 3.40. The number of aliphatic hydroxyl groups excluding tert-OH is 1. The second kappa shape index (κ2) is 7.54. The number of hydrogen-bond donors (Lipinski definition) is 2. The van der Waals surface area contributed by atoms with Gasteiger partial charge in [0.25, 0.3) is 0 Å². The summed E-state index contributed by atoms with van der Waals surface area (Å²) in [5.74, 6) is -0.440. The molecule has 3 heterocycles. The zero-order valence-electron chi connectivity index (χ0n) is 15.8. The lowest BCUT2D eigenvalue weighted by atomic mass is 10.1. The third kappa shape index (κ3) is 3.61. The first-order valence-corrected chi connectivity index (χ1v) is 9.91. The van der Waals surface area contributed by atoms with Gasteiger partial charge in [-0.2, -0.15) is 4.98 Å². The molecule has 4 rings (SSSR count). The van der Waals surface area contributed by atoms with E-state index in [4.69, 9.17) is 15.2 Å². The predicted octanol–water partition coefficient (Wildman–Crippen LogP) is 1.64. The van der Waals surface area contributed by atoms with Crippen LogP contribution < -0.4 is 10.6 Å². The van der Waals surface area contributed by atoms with Crippen molar-refractivity contribution in [3.05, 3.63) is 51.3 Å². The molecule has 0 radical (unpaired) electrons. The number of thiazole rings is 1. The predicted molar refractivity (Wildman–Crippen MR) is 107 cm³/mol. The van der Waals surface area contributed by atoms with Crippen LogP contribution in [-0.4, -0.2) is 43.9 Å².